The summed E-state index contributed by atoms with van der Waals surface area (Å²) in [6, 6.07) is 8.44. The second kappa shape index (κ2) is 6.57. The van der Waals surface area contributed by atoms with Gasteiger partial charge in [0.1, 0.15) is 0 Å². The molecule has 0 saturated carbocycles. The molecule has 104 valence electrons. The molecule has 1 atom stereocenters. The number of benzene rings is 1. The van der Waals surface area contributed by atoms with Crippen LogP contribution in [0.2, 0.25) is 0 Å². The molecule has 0 aliphatic heterocycles. The van der Waals surface area contributed by atoms with E-state index in [1.165, 1.54) is 6.92 Å². The van der Waals surface area contributed by atoms with Gasteiger partial charge in [-0.1, -0.05) is 18.2 Å². The van der Waals surface area contributed by atoms with Crippen LogP contribution in [0.15, 0.2) is 30.3 Å². The molecule has 0 aliphatic carbocycles. The van der Waals surface area contributed by atoms with Gasteiger partial charge in [-0.15, -0.1) is 11.6 Å². The molecule has 1 amide bonds. The first-order valence-electron chi connectivity index (χ1n) is 6.04. The van der Waals surface area contributed by atoms with E-state index in [-0.39, 0.29) is 11.9 Å². The third-order valence-electron chi connectivity index (χ3n) is 2.48. The molecule has 0 bridgehead atoms. The minimum absolute atomic E-state index is 0.0505. The first-order chi connectivity index (χ1) is 8.89. The van der Waals surface area contributed by atoms with Crippen molar-refractivity contribution in [1.82, 2.24) is 5.32 Å². The van der Waals surface area contributed by atoms with E-state index in [0.29, 0.717) is 5.56 Å². The van der Waals surface area contributed by atoms with Gasteiger partial charge >= 0.3 is 5.97 Å². The molecule has 19 heavy (non-hydrogen) atoms. The van der Waals surface area contributed by atoms with Crippen molar-refractivity contribution in [2.24, 2.45) is 0 Å². The minimum atomic E-state index is -1.38. The molecule has 0 heterocycles. The molecule has 0 fully saturated rings. The van der Waals surface area contributed by atoms with Crippen LogP contribution in [-0.2, 0) is 9.53 Å². The highest BCUT2D eigenvalue weighted by Crippen LogP contribution is 2.16. The number of halogens is 1. The summed E-state index contributed by atoms with van der Waals surface area (Å²) in [5.41, 5.74) is -0.991. The van der Waals surface area contributed by atoms with Crippen LogP contribution in [0, 0.1) is 0 Å². The molecule has 1 rings (SSSR count). The van der Waals surface area contributed by atoms with Crippen molar-refractivity contribution in [2.75, 3.05) is 5.88 Å². The summed E-state index contributed by atoms with van der Waals surface area (Å²) in [6.07, 6.45) is 0. The van der Waals surface area contributed by atoms with Crippen LogP contribution in [0.5, 0.6) is 0 Å². The van der Waals surface area contributed by atoms with Gasteiger partial charge in [-0.05, 0) is 32.9 Å². The largest absolute Gasteiger partial charge is 0.444 e. The standard InChI is InChI=1S/C14H18ClNO3/c1-10(2)16-13(18)14(3,9-15)19-12(17)11-7-5-4-6-8-11/h4-8,10H,9H2,1-3H3,(H,16,18). The fourth-order valence-corrected chi connectivity index (χ4v) is 1.56. The maximum atomic E-state index is 12.0. The second-order valence-corrected chi connectivity index (χ2v) is 5.02. The van der Waals surface area contributed by atoms with Gasteiger partial charge in [0, 0.05) is 6.04 Å². The van der Waals surface area contributed by atoms with Crippen molar-refractivity contribution in [3.8, 4) is 0 Å². The maximum absolute atomic E-state index is 12.0. The van der Waals surface area contributed by atoms with Crippen molar-refractivity contribution >= 4 is 23.5 Å². The van der Waals surface area contributed by atoms with Crippen molar-refractivity contribution < 1.29 is 14.3 Å². The van der Waals surface area contributed by atoms with E-state index in [2.05, 4.69) is 5.32 Å². The Labute approximate surface area is 118 Å². The lowest BCUT2D eigenvalue weighted by Crippen LogP contribution is -2.51. The van der Waals surface area contributed by atoms with Crippen LogP contribution in [0.3, 0.4) is 0 Å². The zero-order valence-electron chi connectivity index (χ0n) is 11.3. The average Bonchev–Trinajstić information content (AvgIpc) is 2.38. The molecule has 1 N–H and O–H groups in total. The monoisotopic (exact) mass is 283 g/mol. The Morgan fingerprint density at radius 1 is 1.32 bits per heavy atom. The van der Waals surface area contributed by atoms with Gasteiger partial charge in [0.25, 0.3) is 5.91 Å². The van der Waals surface area contributed by atoms with Gasteiger partial charge < -0.3 is 10.1 Å². The number of ether oxygens (including phenoxy) is 1. The summed E-state index contributed by atoms with van der Waals surface area (Å²) < 4.78 is 5.25. The first kappa shape index (κ1) is 15.5. The summed E-state index contributed by atoms with van der Waals surface area (Å²) in [5, 5.41) is 2.69. The van der Waals surface area contributed by atoms with E-state index in [0.717, 1.165) is 0 Å². The van der Waals surface area contributed by atoms with Gasteiger partial charge in [-0.3, -0.25) is 4.79 Å². The smallest absolute Gasteiger partial charge is 0.339 e. The number of hydrogen-bond donors (Lipinski definition) is 1. The highest BCUT2D eigenvalue weighted by molar-refractivity contribution is 6.20. The van der Waals surface area contributed by atoms with Crippen LogP contribution >= 0.6 is 11.6 Å². The summed E-state index contributed by atoms with van der Waals surface area (Å²) in [4.78, 5) is 23.9. The van der Waals surface area contributed by atoms with E-state index < -0.39 is 17.5 Å². The number of nitrogens with one attached hydrogen (secondary N) is 1. The van der Waals surface area contributed by atoms with Crippen molar-refractivity contribution in [3.05, 3.63) is 35.9 Å². The number of amides is 1. The lowest BCUT2D eigenvalue weighted by atomic mass is 10.1. The van der Waals surface area contributed by atoms with E-state index in [4.69, 9.17) is 16.3 Å². The highest BCUT2D eigenvalue weighted by Gasteiger charge is 2.37. The van der Waals surface area contributed by atoms with Crippen LogP contribution in [0.4, 0.5) is 0 Å². The number of alkyl halides is 1. The molecular weight excluding hydrogens is 266 g/mol. The molecule has 4 nitrogen and oxygen atoms in total. The summed E-state index contributed by atoms with van der Waals surface area (Å²) >= 11 is 5.78. The van der Waals surface area contributed by atoms with Crippen LogP contribution in [0.25, 0.3) is 0 Å². The van der Waals surface area contributed by atoms with Crippen LogP contribution in [0.1, 0.15) is 31.1 Å². The number of hydrogen-bond acceptors (Lipinski definition) is 3. The van der Waals surface area contributed by atoms with Gasteiger partial charge in [0.15, 0.2) is 0 Å². The predicted octanol–water partition coefficient (Wildman–Crippen LogP) is 2.37. The molecule has 0 spiro atoms. The molecule has 1 aromatic rings. The Kier molecular flexibility index (Phi) is 5.36. The van der Waals surface area contributed by atoms with Gasteiger partial charge in [-0.2, -0.15) is 0 Å². The molecule has 0 radical (unpaired) electrons. The lowest BCUT2D eigenvalue weighted by Gasteiger charge is -2.27. The Hall–Kier alpha value is -1.55. The van der Waals surface area contributed by atoms with Crippen LogP contribution < -0.4 is 5.32 Å². The van der Waals surface area contributed by atoms with Crippen molar-refractivity contribution in [1.29, 1.82) is 0 Å². The molecule has 0 aromatic heterocycles. The zero-order chi connectivity index (χ0) is 14.5. The topological polar surface area (TPSA) is 55.4 Å². The van der Waals surface area contributed by atoms with E-state index in [1.54, 1.807) is 30.3 Å². The maximum Gasteiger partial charge on any atom is 0.339 e. The lowest BCUT2D eigenvalue weighted by molar-refractivity contribution is -0.137. The molecular formula is C14H18ClNO3. The van der Waals surface area contributed by atoms with Crippen molar-refractivity contribution in [3.63, 3.8) is 0 Å². The SMILES string of the molecule is CC(C)NC(=O)C(C)(CCl)OC(=O)c1ccccc1. The van der Waals surface area contributed by atoms with Gasteiger partial charge in [0.05, 0.1) is 11.4 Å². The highest BCUT2D eigenvalue weighted by atomic mass is 35.5. The Morgan fingerprint density at radius 2 is 1.89 bits per heavy atom. The van der Waals surface area contributed by atoms with Gasteiger partial charge in [-0.25, -0.2) is 4.79 Å². The Balaban J connectivity index is 2.81. The molecule has 1 aromatic carbocycles. The fourth-order valence-electron chi connectivity index (χ4n) is 1.39. The number of esters is 1. The summed E-state index contributed by atoms with van der Waals surface area (Å²) in [7, 11) is 0. The van der Waals surface area contributed by atoms with Crippen molar-refractivity contribution in [2.45, 2.75) is 32.4 Å². The molecule has 1 unspecified atom stereocenters. The Bertz CT molecular complexity index is 447. The number of carbonyl (C=O) groups excluding carboxylic acids is 2. The number of rotatable bonds is 5. The fraction of sp³-hybridized carbons (Fsp3) is 0.429. The van der Waals surface area contributed by atoms with E-state index in [1.807, 2.05) is 13.8 Å². The second-order valence-electron chi connectivity index (χ2n) is 4.75. The van der Waals surface area contributed by atoms with E-state index >= 15 is 0 Å². The quantitative estimate of drug-likeness (QED) is 0.667. The minimum Gasteiger partial charge on any atom is -0.444 e. The summed E-state index contributed by atoms with van der Waals surface area (Å²) in [5.74, 6) is -1.08. The normalized spacial score (nSPS) is 13.7. The van der Waals surface area contributed by atoms with Crippen LogP contribution in [-0.4, -0.2) is 29.4 Å². The molecule has 5 heteroatoms. The zero-order valence-corrected chi connectivity index (χ0v) is 12.0. The summed E-state index contributed by atoms with van der Waals surface area (Å²) in [6.45, 7) is 5.15. The first-order valence-corrected chi connectivity index (χ1v) is 6.58. The number of carbonyl (C=O) groups is 2. The molecule has 0 saturated heterocycles. The third-order valence-corrected chi connectivity index (χ3v) is 2.99. The average molecular weight is 284 g/mol. The van der Waals surface area contributed by atoms with E-state index in [9.17, 15) is 9.59 Å². The predicted molar refractivity (Wildman–Crippen MR) is 74.3 cm³/mol. The third kappa shape index (κ3) is 4.24. The van der Waals surface area contributed by atoms with Gasteiger partial charge in [0.2, 0.25) is 5.60 Å². The Morgan fingerprint density at radius 3 is 2.37 bits per heavy atom. The molecule has 0 aliphatic rings.